The number of hydrogen-bond donors (Lipinski definition) is 1. The van der Waals surface area contributed by atoms with Crippen LogP contribution in [-0.4, -0.2) is 39.3 Å². The van der Waals surface area contributed by atoms with Crippen LogP contribution in [0.4, 0.5) is 0 Å². The van der Waals surface area contributed by atoms with Crippen molar-refractivity contribution in [2.45, 2.75) is 52.1 Å². The van der Waals surface area contributed by atoms with Crippen molar-refractivity contribution in [1.82, 2.24) is 25.5 Å². The zero-order valence-corrected chi connectivity index (χ0v) is 15.3. The van der Waals surface area contributed by atoms with Gasteiger partial charge in [0.2, 0.25) is 0 Å². The first-order valence-corrected chi connectivity index (χ1v) is 9.17. The Morgan fingerprint density at radius 1 is 1.19 bits per heavy atom. The number of carbonyl (C=O) groups excluding carboxylic acids is 1. The average Bonchev–Trinajstić information content (AvgIpc) is 3.32. The summed E-state index contributed by atoms with van der Waals surface area (Å²) < 4.78 is 12.9. The molecule has 0 aliphatic heterocycles. The van der Waals surface area contributed by atoms with E-state index >= 15 is 0 Å². The summed E-state index contributed by atoms with van der Waals surface area (Å²) in [7, 11) is 0. The number of benzene rings is 1. The van der Waals surface area contributed by atoms with Crippen LogP contribution in [0.2, 0.25) is 0 Å². The predicted octanol–water partition coefficient (Wildman–Crippen LogP) is 2.52. The van der Waals surface area contributed by atoms with Crippen LogP contribution in [0.1, 0.15) is 61.8 Å². The number of tetrazole rings is 1. The summed E-state index contributed by atoms with van der Waals surface area (Å²) in [5, 5.41) is 14.8. The highest BCUT2D eigenvalue weighted by Crippen LogP contribution is 2.30. The number of aromatic nitrogens is 4. The minimum absolute atomic E-state index is 0.199. The summed E-state index contributed by atoms with van der Waals surface area (Å²) >= 11 is 0. The molecule has 140 valence electrons. The molecule has 1 aliphatic rings. The summed E-state index contributed by atoms with van der Waals surface area (Å²) in [4.78, 5) is 12.5. The molecule has 0 bridgehead atoms. The van der Waals surface area contributed by atoms with Crippen LogP contribution in [0.5, 0.6) is 11.5 Å². The molecular formula is C18H25N5O3. The summed E-state index contributed by atoms with van der Waals surface area (Å²) in [6.45, 7) is 5.13. The molecule has 1 heterocycles. The molecule has 2 aromatic rings. The Hall–Kier alpha value is -2.64. The molecule has 1 aromatic heterocycles. The molecule has 0 radical (unpaired) electrons. The highest BCUT2D eigenvalue weighted by molar-refractivity contribution is 5.94. The molecule has 1 fully saturated rings. The fourth-order valence-corrected chi connectivity index (χ4v) is 3.21. The standard InChI is InChI=1S/C18H25N5O3/c1-3-25-15-10-9-13(11-16(15)26-4-2)18(24)19-12-17-20-21-22-23(17)14-7-5-6-8-14/h9-11,14H,3-8,12H2,1-2H3,(H,19,24). The molecule has 0 atom stereocenters. The van der Waals surface area contributed by atoms with Gasteiger partial charge in [-0.1, -0.05) is 12.8 Å². The largest absolute Gasteiger partial charge is 0.490 e. The van der Waals surface area contributed by atoms with Crippen molar-refractivity contribution in [3.05, 3.63) is 29.6 Å². The van der Waals surface area contributed by atoms with Crippen LogP contribution in [0.3, 0.4) is 0 Å². The molecule has 0 spiro atoms. The molecule has 8 heteroatoms. The van der Waals surface area contributed by atoms with E-state index in [2.05, 4.69) is 20.8 Å². The van der Waals surface area contributed by atoms with Crippen molar-refractivity contribution < 1.29 is 14.3 Å². The molecule has 0 saturated heterocycles. The van der Waals surface area contributed by atoms with Gasteiger partial charge in [0.05, 0.1) is 25.8 Å². The Morgan fingerprint density at radius 2 is 1.92 bits per heavy atom. The van der Waals surface area contributed by atoms with Gasteiger partial charge in [0.15, 0.2) is 17.3 Å². The summed E-state index contributed by atoms with van der Waals surface area (Å²) in [6.07, 6.45) is 4.57. The normalized spacial score (nSPS) is 14.4. The van der Waals surface area contributed by atoms with Gasteiger partial charge in [-0.3, -0.25) is 4.79 Å². The third-order valence-electron chi connectivity index (χ3n) is 4.44. The van der Waals surface area contributed by atoms with Gasteiger partial charge < -0.3 is 14.8 Å². The van der Waals surface area contributed by atoms with E-state index in [0.717, 1.165) is 12.8 Å². The zero-order chi connectivity index (χ0) is 18.4. The van der Waals surface area contributed by atoms with Crippen LogP contribution >= 0.6 is 0 Å². The molecule has 3 rings (SSSR count). The van der Waals surface area contributed by atoms with E-state index in [1.807, 2.05) is 18.5 Å². The summed E-state index contributed by atoms with van der Waals surface area (Å²) in [5.74, 6) is 1.69. The quantitative estimate of drug-likeness (QED) is 0.779. The van der Waals surface area contributed by atoms with Gasteiger partial charge in [-0.25, -0.2) is 4.68 Å². The molecule has 1 N–H and O–H groups in total. The first-order valence-electron chi connectivity index (χ1n) is 9.17. The molecular weight excluding hydrogens is 334 g/mol. The second-order valence-corrected chi connectivity index (χ2v) is 6.19. The lowest BCUT2D eigenvalue weighted by atomic mass is 10.2. The molecule has 1 aromatic carbocycles. The van der Waals surface area contributed by atoms with Gasteiger partial charge >= 0.3 is 0 Å². The monoisotopic (exact) mass is 359 g/mol. The van der Waals surface area contributed by atoms with E-state index in [4.69, 9.17) is 9.47 Å². The van der Waals surface area contributed by atoms with Crippen LogP contribution in [0.25, 0.3) is 0 Å². The highest BCUT2D eigenvalue weighted by atomic mass is 16.5. The van der Waals surface area contributed by atoms with Crippen molar-refractivity contribution in [3.63, 3.8) is 0 Å². The smallest absolute Gasteiger partial charge is 0.251 e. The molecule has 26 heavy (non-hydrogen) atoms. The summed E-state index contributed by atoms with van der Waals surface area (Å²) in [6, 6.07) is 5.52. The van der Waals surface area contributed by atoms with Crippen LogP contribution in [0.15, 0.2) is 18.2 Å². The molecule has 8 nitrogen and oxygen atoms in total. The van der Waals surface area contributed by atoms with Gasteiger partial charge in [-0.2, -0.15) is 0 Å². The van der Waals surface area contributed by atoms with Crippen LogP contribution in [-0.2, 0) is 6.54 Å². The first kappa shape index (κ1) is 18.2. The average molecular weight is 359 g/mol. The molecule has 1 aliphatic carbocycles. The number of nitrogens with zero attached hydrogens (tertiary/aromatic N) is 4. The van der Waals surface area contributed by atoms with Gasteiger partial charge in [-0.05, 0) is 55.3 Å². The Balaban J connectivity index is 1.67. The van der Waals surface area contributed by atoms with E-state index in [9.17, 15) is 4.79 Å². The van der Waals surface area contributed by atoms with Crippen LogP contribution in [0, 0.1) is 0 Å². The second-order valence-electron chi connectivity index (χ2n) is 6.19. The van der Waals surface area contributed by atoms with E-state index in [1.54, 1.807) is 18.2 Å². The number of hydrogen-bond acceptors (Lipinski definition) is 6. The van der Waals surface area contributed by atoms with Crippen molar-refractivity contribution in [2.75, 3.05) is 13.2 Å². The molecule has 0 unspecified atom stereocenters. The van der Waals surface area contributed by atoms with Crippen molar-refractivity contribution in [2.24, 2.45) is 0 Å². The Morgan fingerprint density at radius 3 is 2.65 bits per heavy atom. The number of nitrogens with one attached hydrogen (secondary N) is 1. The lowest BCUT2D eigenvalue weighted by molar-refractivity contribution is 0.0948. The van der Waals surface area contributed by atoms with E-state index in [0.29, 0.717) is 48.7 Å². The van der Waals surface area contributed by atoms with Crippen molar-refractivity contribution in [3.8, 4) is 11.5 Å². The second kappa shape index (κ2) is 8.64. The number of amides is 1. The third-order valence-corrected chi connectivity index (χ3v) is 4.44. The predicted molar refractivity (Wildman–Crippen MR) is 95.3 cm³/mol. The SMILES string of the molecule is CCOc1ccc(C(=O)NCc2nnnn2C2CCCC2)cc1OCC. The van der Waals surface area contributed by atoms with Crippen molar-refractivity contribution >= 4 is 5.91 Å². The maximum absolute atomic E-state index is 12.5. The maximum atomic E-state index is 12.5. The Kier molecular flexibility index (Phi) is 6.04. The van der Waals surface area contributed by atoms with Gasteiger partial charge in [0.1, 0.15) is 0 Å². The molecule has 1 saturated carbocycles. The van der Waals surface area contributed by atoms with Gasteiger partial charge in [0, 0.05) is 5.56 Å². The Bertz CT molecular complexity index is 740. The highest BCUT2D eigenvalue weighted by Gasteiger charge is 2.21. The number of ether oxygens (including phenoxy) is 2. The van der Waals surface area contributed by atoms with Gasteiger partial charge in [0.25, 0.3) is 5.91 Å². The first-order chi connectivity index (χ1) is 12.7. The number of carbonyl (C=O) groups is 1. The maximum Gasteiger partial charge on any atom is 0.251 e. The van der Waals surface area contributed by atoms with Gasteiger partial charge in [-0.15, -0.1) is 5.10 Å². The number of rotatable bonds is 8. The van der Waals surface area contributed by atoms with Crippen LogP contribution < -0.4 is 14.8 Å². The summed E-state index contributed by atoms with van der Waals surface area (Å²) in [5.41, 5.74) is 0.511. The topological polar surface area (TPSA) is 91.2 Å². The minimum atomic E-state index is -0.199. The lowest BCUT2D eigenvalue weighted by Gasteiger charge is -2.13. The lowest BCUT2D eigenvalue weighted by Crippen LogP contribution is -2.25. The van der Waals surface area contributed by atoms with E-state index < -0.39 is 0 Å². The Labute approximate surface area is 152 Å². The fourth-order valence-electron chi connectivity index (χ4n) is 3.21. The van der Waals surface area contributed by atoms with E-state index in [-0.39, 0.29) is 5.91 Å². The van der Waals surface area contributed by atoms with Crippen molar-refractivity contribution in [1.29, 1.82) is 0 Å². The fraction of sp³-hybridized carbons (Fsp3) is 0.556. The van der Waals surface area contributed by atoms with E-state index in [1.165, 1.54) is 12.8 Å². The molecule has 1 amide bonds. The zero-order valence-electron chi connectivity index (χ0n) is 15.3. The third kappa shape index (κ3) is 4.12. The minimum Gasteiger partial charge on any atom is -0.490 e.